The van der Waals surface area contributed by atoms with Crippen LogP contribution in [0.3, 0.4) is 0 Å². The first-order chi connectivity index (χ1) is 16.2. The number of carbonyl (C=O) groups excluding carboxylic acids is 1. The van der Waals surface area contributed by atoms with Crippen LogP contribution in [0.2, 0.25) is 5.02 Å². The number of amides is 1. The maximum atomic E-state index is 13.8. The summed E-state index contributed by atoms with van der Waals surface area (Å²) in [5, 5.41) is 6.34. The van der Waals surface area contributed by atoms with Crippen LogP contribution in [0.15, 0.2) is 65.8 Å². The van der Waals surface area contributed by atoms with Crippen molar-refractivity contribution in [3.8, 4) is 0 Å². The summed E-state index contributed by atoms with van der Waals surface area (Å²) >= 11 is 6.30. The molecule has 1 amide bonds. The number of anilines is 2. The van der Waals surface area contributed by atoms with E-state index in [4.69, 9.17) is 16.3 Å². The zero-order chi connectivity index (χ0) is 24.5. The molecule has 2 heterocycles. The SMILES string of the molecule is CNC(=O)OCc1cn(S(=O)(=O)c2cccc(F)c2)c2cc(Nc3ccc(C)cc3Cl)ncc12. The highest BCUT2D eigenvalue weighted by atomic mass is 35.5. The Balaban J connectivity index is 1.83. The van der Waals surface area contributed by atoms with Crippen molar-refractivity contribution < 1.29 is 22.3 Å². The number of rotatable bonds is 6. The molecule has 0 fully saturated rings. The number of nitrogens with one attached hydrogen (secondary N) is 2. The van der Waals surface area contributed by atoms with Gasteiger partial charge < -0.3 is 15.4 Å². The summed E-state index contributed by atoms with van der Waals surface area (Å²) < 4.78 is 46.7. The number of aromatic nitrogens is 2. The number of fused-ring (bicyclic) bond motifs is 1. The van der Waals surface area contributed by atoms with E-state index in [0.29, 0.717) is 27.5 Å². The van der Waals surface area contributed by atoms with Gasteiger partial charge in [-0.15, -0.1) is 0 Å². The van der Waals surface area contributed by atoms with Gasteiger partial charge in [0.15, 0.2) is 0 Å². The summed E-state index contributed by atoms with van der Waals surface area (Å²) in [5.74, 6) is -0.343. The van der Waals surface area contributed by atoms with E-state index >= 15 is 0 Å². The van der Waals surface area contributed by atoms with Crippen LogP contribution in [0.4, 0.5) is 20.7 Å². The van der Waals surface area contributed by atoms with Gasteiger partial charge >= 0.3 is 6.09 Å². The second-order valence-corrected chi connectivity index (χ2v) is 9.66. The Morgan fingerprint density at radius 1 is 1.21 bits per heavy atom. The van der Waals surface area contributed by atoms with Crippen LogP contribution < -0.4 is 10.6 Å². The molecule has 0 bridgehead atoms. The molecule has 2 N–H and O–H groups in total. The lowest BCUT2D eigenvalue weighted by Gasteiger charge is -2.10. The number of ether oxygens (including phenoxy) is 1. The molecule has 0 atom stereocenters. The van der Waals surface area contributed by atoms with Crippen molar-refractivity contribution >= 4 is 50.1 Å². The predicted octanol–water partition coefficient (Wildman–Crippen LogP) is 4.97. The minimum Gasteiger partial charge on any atom is -0.445 e. The van der Waals surface area contributed by atoms with Crippen molar-refractivity contribution in [1.29, 1.82) is 0 Å². The average molecular weight is 503 g/mol. The molecule has 4 aromatic rings. The van der Waals surface area contributed by atoms with Crippen LogP contribution in [0, 0.1) is 12.7 Å². The monoisotopic (exact) mass is 502 g/mol. The van der Waals surface area contributed by atoms with E-state index in [2.05, 4.69) is 15.6 Å². The first-order valence-corrected chi connectivity index (χ1v) is 11.9. The van der Waals surface area contributed by atoms with Gasteiger partial charge in [-0.2, -0.15) is 0 Å². The molecule has 0 aliphatic heterocycles. The van der Waals surface area contributed by atoms with Crippen molar-refractivity contribution in [2.45, 2.75) is 18.4 Å². The summed E-state index contributed by atoms with van der Waals surface area (Å²) in [6.07, 6.45) is 2.13. The molecule has 0 radical (unpaired) electrons. The maximum absolute atomic E-state index is 13.8. The topological polar surface area (TPSA) is 102 Å². The number of hydrogen-bond donors (Lipinski definition) is 2. The highest BCUT2D eigenvalue weighted by Gasteiger charge is 2.23. The normalized spacial score (nSPS) is 11.4. The Morgan fingerprint density at radius 3 is 2.71 bits per heavy atom. The van der Waals surface area contributed by atoms with Crippen LogP contribution in [-0.4, -0.2) is 30.5 Å². The van der Waals surface area contributed by atoms with Crippen LogP contribution in [0.5, 0.6) is 0 Å². The Hall–Kier alpha value is -3.63. The van der Waals surface area contributed by atoms with Crippen molar-refractivity contribution in [2.75, 3.05) is 12.4 Å². The first-order valence-electron chi connectivity index (χ1n) is 10.1. The molecule has 8 nitrogen and oxygen atoms in total. The van der Waals surface area contributed by atoms with Gasteiger partial charge in [0.05, 0.1) is 21.1 Å². The summed E-state index contributed by atoms with van der Waals surface area (Å²) in [7, 11) is -2.76. The number of hydrogen-bond acceptors (Lipinski definition) is 6. The number of pyridine rings is 1. The van der Waals surface area contributed by atoms with Gasteiger partial charge in [0.1, 0.15) is 18.2 Å². The molecule has 2 aromatic heterocycles. The molecular formula is C23H20ClFN4O4S. The smallest absolute Gasteiger partial charge is 0.407 e. The summed E-state index contributed by atoms with van der Waals surface area (Å²) in [5.41, 5.74) is 2.25. The van der Waals surface area contributed by atoms with E-state index in [1.54, 1.807) is 12.1 Å². The lowest BCUT2D eigenvalue weighted by molar-refractivity contribution is 0.142. The Kier molecular flexibility index (Phi) is 6.45. The van der Waals surface area contributed by atoms with Crippen molar-refractivity contribution in [1.82, 2.24) is 14.3 Å². The van der Waals surface area contributed by atoms with Gasteiger partial charge in [-0.25, -0.2) is 26.6 Å². The van der Waals surface area contributed by atoms with E-state index in [0.717, 1.165) is 21.7 Å². The molecule has 0 saturated carbocycles. The lowest BCUT2D eigenvalue weighted by atomic mass is 10.2. The summed E-state index contributed by atoms with van der Waals surface area (Å²) in [6, 6.07) is 11.7. The Bertz CT molecular complexity index is 1500. The van der Waals surface area contributed by atoms with Gasteiger partial charge in [0, 0.05) is 36.5 Å². The third kappa shape index (κ3) is 4.68. The molecule has 0 aliphatic rings. The molecule has 11 heteroatoms. The van der Waals surface area contributed by atoms with Crippen LogP contribution in [0.1, 0.15) is 11.1 Å². The van der Waals surface area contributed by atoms with Gasteiger partial charge in [-0.1, -0.05) is 23.7 Å². The Morgan fingerprint density at radius 2 is 2.00 bits per heavy atom. The van der Waals surface area contributed by atoms with E-state index in [1.165, 1.54) is 37.6 Å². The van der Waals surface area contributed by atoms with Crippen molar-refractivity contribution in [2.24, 2.45) is 0 Å². The third-order valence-electron chi connectivity index (χ3n) is 5.04. The number of halogens is 2. The van der Waals surface area contributed by atoms with Gasteiger partial charge in [0.2, 0.25) is 0 Å². The fourth-order valence-electron chi connectivity index (χ4n) is 3.35. The average Bonchev–Trinajstić information content (AvgIpc) is 3.18. The molecular weight excluding hydrogens is 483 g/mol. The third-order valence-corrected chi connectivity index (χ3v) is 7.02. The Labute approximate surface area is 200 Å². The molecule has 176 valence electrons. The van der Waals surface area contributed by atoms with Gasteiger partial charge in [0.25, 0.3) is 10.0 Å². The van der Waals surface area contributed by atoms with Gasteiger partial charge in [-0.3, -0.25) is 0 Å². The molecule has 4 rings (SSSR count). The summed E-state index contributed by atoms with van der Waals surface area (Å²) in [6.45, 7) is 1.71. The molecule has 0 unspecified atom stereocenters. The quantitative estimate of drug-likeness (QED) is 0.386. The standard InChI is InChI=1S/C23H20ClFN4O4S/c1-14-6-7-20(19(24)8-14)28-22-10-21-18(11-27-22)15(13-33-23(30)26-2)12-29(21)34(31,32)17-5-3-4-16(25)9-17/h3-12H,13H2,1-2H3,(H,26,30)(H,27,28). The maximum Gasteiger partial charge on any atom is 0.407 e. The number of benzene rings is 2. The summed E-state index contributed by atoms with van der Waals surface area (Å²) in [4.78, 5) is 15.7. The molecule has 0 aliphatic carbocycles. The second-order valence-electron chi connectivity index (χ2n) is 7.43. The van der Waals surface area contributed by atoms with Crippen molar-refractivity contribution in [3.05, 3.63) is 82.9 Å². The second kappa shape index (κ2) is 9.32. The number of aryl methyl sites for hydroxylation is 1. The number of nitrogens with zero attached hydrogens (tertiary/aromatic N) is 2. The fraction of sp³-hybridized carbons (Fsp3) is 0.130. The number of alkyl carbamates (subject to hydrolysis) is 1. The zero-order valence-electron chi connectivity index (χ0n) is 18.2. The highest BCUT2D eigenvalue weighted by molar-refractivity contribution is 7.90. The molecule has 0 spiro atoms. The van der Waals surface area contributed by atoms with E-state index in [-0.39, 0.29) is 17.0 Å². The van der Waals surface area contributed by atoms with E-state index in [9.17, 15) is 17.6 Å². The zero-order valence-corrected chi connectivity index (χ0v) is 19.7. The lowest BCUT2D eigenvalue weighted by Crippen LogP contribution is -2.18. The molecule has 0 saturated heterocycles. The first kappa shape index (κ1) is 23.5. The predicted molar refractivity (Wildman–Crippen MR) is 127 cm³/mol. The molecule has 2 aromatic carbocycles. The minimum absolute atomic E-state index is 0.194. The van der Waals surface area contributed by atoms with Crippen LogP contribution >= 0.6 is 11.6 Å². The number of carbonyl (C=O) groups is 1. The fourth-order valence-corrected chi connectivity index (χ4v) is 5.05. The highest BCUT2D eigenvalue weighted by Crippen LogP contribution is 2.31. The van der Waals surface area contributed by atoms with Gasteiger partial charge in [-0.05, 0) is 42.8 Å². The van der Waals surface area contributed by atoms with E-state index < -0.39 is 21.9 Å². The van der Waals surface area contributed by atoms with E-state index in [1.807, 2.05) is 13.0 Å². The van der Waals surface area contributed by atoms with Crippen LogP contribution in [-0.2, 0) is 21.4 Å². The van der Waals surface area contributed by atoms with Crippen molar-refractivity contribution in [3.63, 3.8) is 0 Å². The largest absolute Gasteiger partial charge is 0.445 e. The molecule has 34 heavy (non-hydrogen) atoms. The minimum atomic E-state index is -4.18. The van der Waals surface area contributed by atoms with Crippen LogP contribution in [0.25, 0.3) is 10.9 Å².